The fourth-order valence-corrected chi connectivity index (χ4v) is 1.81. The van der Waals surface area contributed by atoms with Crippen molar-refractivity contribution in [1.82, 2.24) is 0 Å². The first-order valence-electron chi connectivity index (χ1n) is 5.75. The summed E-state index contributed by atoms with van der Waals surface area (Å²) in [5.41, 5.74) is 0.746. The third kappa shape index (κ3) is 5.35. The summed E-state index contributed by atoms with van der Waals surface area (Å²) < 4.78 is 6.35. The van der Waals surface area contributed by atoms with Crippen molar-refractivity contribution in [2.75, 3.05) is 0 Å². The Hall–Kier alpha value is -0.830. The maximum atomic E-state index is 11.7. The van der Waals surface area contributed by atoms with Crippen molar-refractivity contribution >= 4 is 21.9 Å². The van der Waals surface area contributed by atoms with Gasteiger partial charge in [0.2, 0.25) is 0 Å². The second-order valence-electron chi connectivity index (χ2n) is 5.24. The summed E-state index contributed by atoms with van der Waals surface area (Å²) in [6, 6.07) is 8.03. The fourth-order valence-electron chi connectivity index (χ4n) is 1.54. The molecule has 0 N–H and O–H groups in total. The van der Waals surface area contributed by atoms with E-state index in [4.69, 9.17) is 4.74 Å². The average molecular weight is 299 g/mol. The molecule has 0 aliphatic carbocycles. The average Bonchev–Trinajstić information content (AvgIpc) is 2.15. The smallest absolute Gasteiger partial charge is 0.306 e. The third-order valence-electron chi connectivity index (χ3n) is 2.33. The second kappa shape index (κ2) is 5.67. The molecule has 94 valence electrons. The monoisotopic (exact) mass is 298 g/mol. The van der Waals surface area contributed by atoms with Crippen LogP contribution in [0.4, 0.5) is 0 Å². The number of hydrogen-bond donors (Lipinski definition) is 0. The number of rotatable bonds is 3. The van der Waals surface area contributed by atoms with E-state index in [2.05, 4.69) is 15.9 Å². The van der Waals surface area contributed by atoms with Gasteiger partial charge in [0.25, 0.3) is 0 Å². The van der Waals surface area contributed by atoms with Crippen LogP contribution >= 0.6 is 15.9 Å². The summed E-state index contributed by atoms with van der Waals surface area (Å²) >= 11 is 3.39. The normalized spacial score (nSPS) is 13.2. The fraction of sp³-hybridized carbons (Fsp3) is 0.500. The van der Waals surface area contributed by atoms with Gasteiger partial charge in [0.1, 0.15) is 5.60 Å². The van der Waals surface area contributed by atoms with E-state index in [1.54, 1.807) is 0 Å². The molecule has 0 spiro atoms. The van der Waals surface area contributed by atoms with Crippen LogP contribution in [0.25, 0.3) is 0 Å². The van der Waals surface area contributed by atoms with Gasteiger partial charge in [-0.3, -0.25) is 4.79 Å². The van der Waals surface area contributed by atoms with Gasteiger partial charge in [-0.05, 0) is 44.4 Å². The van der Waals surface area contributed by atoms with E-state index in [0.717, 1.165) is 10.0 Å². The lowest BCUT2D eigenvalue weighted by molar-refractivity contribution is -0.155. The molecule has 0 amide bonds. The van der Waals surface area contributed by atoms with Gasteiger partial charge >= 0.3 is 5.97 Å². The number of halogens is 1. The summed E-state index contributed by atoms with van der Waals surface area (Å²) in [6.45, 7) is 7.69. The molecule has 0 unspecified atom stereocenters. The number of benzene rings is 1. The number of ether oxygens (including phenoxy) is 1. The van der Waals surface area contributed by atoms with Gasteiger partial charge in [-0.15, -0.1) is 0 Å². The molecule has 0 aromatic heterocycles. The lowest BCUT2D eigenvalue weighted by Crippen LogP contribution is -2.24. The molecule has 17 heavy (non-hydrogen) atoms. The molecule has 0 saturated heterocycles. The molecule has 0 aliphatic rings. The SMILES string of the molecule is C[C@@H](CC(=O)OC(C)(C)C)c1ccc(Br)cc1. The molecule has 0 fully saturated rings. The van der Waals surface area contributed by atoms with Crippen molar-refractivity contribution in [1.29, 1.82) is 0 Å². The van der Waals surface area contributed by atoms with Crippen LogP contribution in [0.2, 0.25) is 0 Å². The maximum absolute atomic E-state index is 11.7. The van der Waals surface area contributed by atoms with E-state index in [-0.39, 0.29) is 11.9 Å². The quantitative estimate of drug-likeness (QED) is 0.778. The van der Waals surface area contributed by atoms with E-state index in [1.165, 1.54) is 0 Å². The van der Waals surface area contributed by atoms with Crippen LogP contribution < -0.4 is 0 Å². The van der Waals surface area contributed by atoms with E-state index in [9.17, 15) is 4.79 Å². The Morgan fingerprint density at radius 1 is 1.29 bits per heavy atom. The summed E-state index contributed by atoms with van der Waals surface area (Å²) in [6.07, 6.45) is 0.416. The Balaban J connectivity index is 2.57. The molecule has 0 aliphatic heterocycles. The van der Waals surface area contributed by atoms with E-state index in [1.807, 2.05) is 52.0 Å². The summed E-state index contributed by atoms with van der Waals surface area (Å²) in [4.78, 5) is 11.7. The molecule has 0 radical (unpaired) electrons. The van der Waals surface area contributed by atoms with Crippen LogP contribution in [0.15, 0.2) is 28.7 Å². The largest absolute Gasteiger partial charge is 0.460 e. The van der Waals surface area contributed by atoms with Crippen LogP contribution in [0.5, 0.6) is 0 Å². The number of carbonyl (C=O) groups is 1. The molecule has 3 heteroatoms. The van der Waals surface area contributed by atoms with Gasteiger partial charge in [-0.1, -0.05) is 35.0 Å². The molecular weight excluding hydrogens is 280 g/mol. The zero-order valence-electron chi connectivity index (χ0n) is 10.8. The van der Waals surface area contributed by atoms with Gasteiger partial charge in [0.15, 0.2) is 0 Å². The number of hydrogen-bond acceptors (Lipinski definition) is 2. The van der Waals surface area contributed by atoms with E-state index < -0.39 is 5.60 Å². The minimum Gasteiger partial charge on any atom is -0.460 e. The Bertz CT molecular complexity index is 376. The van der Waals surface area contributed by atoms with Crippen molar-refractivity contribution in [3.05, 3.63) is 34.3 Å². The van der Waals surface area contributed by atoms with Crippen LogP contribution in [0.1, 0.15) is 45.6 Å². The lowest BCUT2D eigenvalue weighted by atomic mass is 9.98. The second-order valence-corrected chi connectivity index (χ2v) is 6.16. The Morgan fingerprint density at radius 2 is 1.82 bits per heavy atom. The molecular formula is C14H19BrO2. The topological polar surface area (TPSA) is 26.3 Å². The van der Waals surface area contributed by atoms with Gasteiger partial charge in [-0.25, -0.2) is 0 Å². The minimum atomic E-state index is -0.406. The van der Waals surface area contributed by atoms with E-state index in [0.29, 0.717) is 6.42 Å². The minimum absolute atomic E-state index is 0.145. The van der Waals surface area contributed by atoms with Gasteiger partial charge < -0.3 is 4.74 Å². The molecule has 1 atom stereocenters. The van der Waals surface area contributed by atoms with Gasteiger partial charge in [-0.2, -0.15) is 0 Å². The van der Waals surface area contributed by atoms with Crippen LogP contribution in [0.3, 0.4) is 0 Å². The van der Waals surface area contributed by atoms with Gasteiger partial charge in [0.05, 0.1) is 6.42 Å². The van der Waals surface area contributed by atoms with Crippen LogP contribution in [-0.2, 0) is 9.53 Å². The summed E-state index contributed by atoms with van der Waals surface area (Å²) in [7, 11) is 0. The highest BCUT2D eigenvalue weighted by atomic mass is 79.9. The molecule has 2 nitrogen and oxygen atoms in total. The molecule has 0 heterocycles. The van der Waals surface area contributed by atoms with Crippen molar-refractivity contribution < 1.29 is 9.53 Å². The first-order chi connectivity index (χ1) is 7.78. The third-order valence-corrected chi connectivity index (χ3v) is 2.86. The Kier molecular flexibility index (Phi) is 4.75. The standard InChI is InChI=1S/C14H19BrO2/c1-10(9-13(16)17-14(2,3)4)11-5-7-12(15)8-6-11/h5-8,10H,9H2,1-4H3/t10-/m0/s1. The Labute approximate surface area is 111 Å². The molecule has 0 saturated carbocycles. The molecule has 1 rings (SSSR count). The lowest BCUT2D eigenvalue weighted by Gasteiger charge is -2.21. The Morgan fingerprint density at radius 3 is 2.29 bits per heavy atom. The summed E-state index contributed by atoms with van der Waals surface area (Å²) in [5.74, 6) is 0.0332. The molecule has 1 aromatic rings. The highest BCUT2D eigenvalue weighted by molar-refractivity contribution is 9.10. The predicted molar refractivity (Wildman–Crippen MR) is 73.0 cm³/mol. The molecule has 0 bridgehead atoms. The first-order valence-corrected chi connectivity index (χ1v) is 6.54. The van der Waals surface area contributed by atoms with Crippen molar-refractivity contribution in [2.45, 2.75) is 45.6 Å². The number of carbonyl (C=O) groups excluding carboxylic acids is 1. The summed E-state index contributed by atoms with van der Waals surface area (Å²) in [5, 5.41) is 0. The highest BCUT2D eigenvalue weighted by Crippen LogP contribution is 2.22. The van der Waals surface area contributed by atoms with Crippen molar-refractivity contribution in [3.63, 3.8) is 0 Å². The highest BCUT2D eigenvalue weighted by Gasteiger charge is 2.19. The first kappa shape index (κ1) is 14.2. The van der Waals surface area contributed by atoms with Crippen LogP contribution in [0, 0.1) is 0 Å². The van der Waals surface area contributed by atoms with E-state index >= 15 is 0 Å². The maximum Gasteiger partial charge on any atom is 0.306 e. The number of esters is 1. The van der Waals surface area contributed by atoms with Crippen molar-refractivity contribution in [2.24, 2.45) is 0 Å². The van der Waals surface area contributed by atoms with Crippen molar-refractivity contribution in [3.8, 4) is 0 Å². The van der Waals surface area contributed by atoms with Crippen LogP contribution in [-0.4, -0.2) is 11.6 Å². The zero-order valence-corrected chi connectivity index (χ0v) is 12.4. The molecule has 1 aromatic carbocycles. The zero-order chi connectivity index (χ0) is 13.1. The van der Waals surface area contributed by atoms with Gasteiger partial charge in [0, 0.05) is 4.47 Å². The predicted octanol–water partition coefficient (Wildman–Crippen LogP) is 4.28.